The molecule has 108 valence electrons. The van der Waals surface area contributed by atoms with E-state index in [1.807, 2.05) is 32.9 Å². The first-order chi connectivity index (χ1) is 8.73. The van der Waals surface area contributed by atoms with Crippen LogP contribution in [0, 0.1) is 5.92 Å². The van der Waals surface area contributed by atoms with Crippen molar-refractivity contribution in [2.45, 2.75) is 47.1 Å². The maximum absolute atomic E-state index is 5.93. The Hall–Kier alpha value is -1.45. The summed E-state index contributed by atoms with van der Waals surface area (Å²) in [6.07, 6.45) is 0. The van der Waals surface area contributed by atoms with Crippen molar-refractivity contribution in [1.82, 2.24) is 4.98 Å². The van der Waals surface area contributed by atoms with Gasteiger partial charge in [-0.15, -0.1) is 0 Å². The average Bonchev–Trinajstić information content (AvgIpc) is 2.27. The van der Waals surface area contributed by atoms with Crippen LogP contribution in [0.3, 0.4) is 0 Å². The summed E-state index contributed by atoms with van der Waals surface area (Å²) in [6.45, 7) is 14.4. The van der Waals surface area contributed by atoms with Crippen LogP contribution < -0.4 is 15.4 Å². The minimum absolute atomic E-state index is 0.297. The maximum atomic E-state index is 5.93. The average molecular weight is 265 g/mol. The van der Waals surface area contributed by atoms with Gasteiger partial charge in [0.05, 0.1) is 5.69 Å². The number of nitrogens with two attached hydrogens (primary N) is 1. The van der Waals surface area contributed by atoms with E-state index in [-0.39, 0.29) is 5.60 Å². The Bertz CT molecular complexity index is 410. The van der Waals surface area contributed by atoms with Gasteiger partial charge in [-0.3, -0.25) is 0 Å². The van der Waals surface area contributed by atoms with E-state index < -0.39 is 0 Å². The van der Waals surface area contributed by atoms with Gasteiger partial charge in [-0.05, 0) is 45.7 Å². The van der Waals surface area contributed by atoms with Crippen molar-refractivity contribution in [2.75, 3.05) is 23.7 Å². The first-order valence-electron chi connectivity index (χ1n) is 6.93. The highest BCUT2D eigenvalue weighted by molar-refractivity contribution is 5.54. The number of nitrogen functional groups attached to an aromatic ring is 1. The van der Waals surface area contributed by atoms with Crippen LogP contribution in [0.5, 0.6) is 5.88 Å². The molecule has 1 rings (SSSR count). The topological polar surface area (TPSA) is 51.4 Å². The third kappa shape index (κ3) is 4.97. The smallest absolute Gasteiger partial charge is 0.239 e. The fourth-order valence-electron chi connectivity index (χ4n) is 1.81. The van der Waals surface area contributed by atoms with Crippen molar-refractivity contribution < 1.29 is 4.74 Å². The SMILES string of the molecule is CCN(CC(C)C)c1ccc(N)c(OC(C)(C)C)n1. The van der Waals surface area contributed by atoms with Gasteiger partial charge in [0, 0.05) is 13.1 Å². The van der Waals surface area contributed by atoms with Crippen molar-refractivity contribution in [2.24, 2.45) is 5.92 Å². The van der Waals surface area contributed by atoms with Gasteiger partial charge in [0.25, 0.3) is 0 Å². The Balaban J connectivity index is 3.00. The summed E-state index contributed by atoms with van der Waals surface area (Å²) in [5.74, 6) is 2.03. The van der Waals surface area contributed by atoms with E-state index in [2.05, 4.69) is 30.7 Å². The molecule has 19 heavy (non-hydrogen) atoms. The molecule has 0 aliphatic carbocycles. The summed E-state index contributed by atoms with van der Waals surface area (Å²) in [5, 5.41) is 0. The Morgan fingerprint density at radius 1 is 1.32 bits per heavy atom. The third-order valence-electron chi connectivity index (χ3n) is 2.57. The van der Waals surface area contributed by atoms with Crippen LogP contribution in [0.15, 0.2) is 12.1 Å². The van der Waals surface area contributed by atoms with Crippen LogP contribution in [-0.2, 0) is 0 Å². The van der Waals surface area contributed by atoms with Crippen LogP contribution in [-0.4, -0.2) is 23.7 Å². The molecule has 0 fully saturated rings. The largest absolute Gasteiger partial charge is 0.470 e. The van der Waals surface area contributed by atoms with E-state index in [1.165, 1.54) is 0 Å². The van der Waals surface area contributed by atoms with Gasteiger partial charge in [-0.25, -0.2) is 0 Å². The quantitative estimate of drug-likeness (QED) is 0.887. The lowest BCUT2D eigenvalue weighted by atomic mass is 10.2. The highest BCUT2D eigenvalue weighted by Crippen LogP contribution is 2.26. The molecule has 1 aromatic heterocycles. The normalized spacial score (nSPS) is 11.7. The van der Waals surface area contributed by atoms with Crippen LogP contribution in [0.25, 0.3) is 0 Å². The van der Waals surface area contributed by atoms with Gasteiger partial charge in [0.1, 0.15) is 11.4 Å². The molecule has 0 saturated heterocycles. The third-order valence-corrected chi connectivity index (χ3v) is 2.57. The fraction of sp³-hybridized carbons (Fsp3) is 0.667. The second-order valence-electron chi connectivity index (χ2n) is 6.21. The molecule has 2 N–H and O–H groups in total. The zero-order chi connectivity index (χ0) is 14.6. The predicted octanol–water partition coefficient (Wildman–Crippen LogP) is 3.32. The van der Waals surface area contributed by atoms with Gasteiger partial charge in [0.15, 0.2) is 0 Å². The second kappa shape index (κ2) is 6.13. The van der Waals surface area contributed by atoms with Crippen LogP contribution >= 0.6 is 0 Å². The minimum Gasteiger partial charge on any atom is -0.470 e. The lowest BCUT2D eigenvalue weighted by Crippen LogP contribution is -2.29. The summed E-state index contributed by atoms with van der Waals surface area (Å²) >= 11 is 0. The Labute approximate surface area is 117 Å². The monoisotopic (exact) mass is 265 g/mol. The summed E-state index contributed by atoms with van der Waals surface area (Å²) in [5.41, 5.74) is 6.22. The molecule has 1 heterocycles. The number of nitrogens with zero attached hydrogens (tertiary/aromatic N) is 2. The summed E-state index contributed by atoms with van der Waals surface area (Å²) in [4.78, 5) is 6.80. The van der Waals surface area contributed by atoms with Crippen LogP contribution in [0.1, 0.15) is 41.5 Å². The lowest BCUT2D eigenvalue weighted by molar-refractivity contribution is 0.125. The second-order valence-corrected chi connectivity index (χ2v) is 6.21. The molecular formula is C15H27N3O. The molecule has 4 heteroatoms. The number of ether oxygens (including phenoxy) is 1. The molecule has 0 saturated carbocycles. The Kier molecular flexibility index (Phi) is 5.04. The van der Waals surface area contributed by atoms with Gasteiger partial charge >= 0.3 is 0 Å². The van der Waals surface area contributed by atoms with Crippen LogP contribution in [0.2, 0.25) is 0 Å². The van der Waals surface area contributed by atoms with Gasteiger partial charge in [-0.1, -0.05) is 13.8 Å². The van der Waals surface area contributed by atoms with Crippen molar-refractivity contribution in [3.05, 3.63) is 12.1 Å². The zero-order valence-corrected chi connectivity index (χ0v) is 13.0. The number of hydrogen-bond donors (Lipinski definition) is 1. The van der Waals surface area contributed by atoms with Crippen molar-refractivity contribution in [1.29, 1.82) is 0 Å². The Morgan fingerprint density at radius 2 is 1.95 bits per heavy atom. The molecular weight excluding hydrogens is 238 g/mol. The highest BCUT2D eigenvalue weighted by Gasteiger charge is 2.17. The van der Waals surface area contributed by atoms with Gasteiger partial charge in [0.2, 0.25) is 5.88 Å². The van der Waals surface area contributed by atoms with E-state index >= 15 is 0 Å². The predicted molar refractivity (Wildman–Crippen MR) is 81.8 cm³/mol. The number of aromatic nitrogens is 1. The molecule has 1 aromatic rings. The lowest BCUT2D eigenvalue weighted by Gasteiger charge is -2.26. The zero-order valence-electron chi connectivity index (χ0n) is 13.0. The van der Waals surface area contributed by atoms with E-state index in [0.29, 0.717) is 17.5 Å². The molecule has 0 radical (unpaired) electrons. The van der Waals surface area contributed by atoms with Gasteiger partial charge < -0.3 is 15.4 Å². The summed E-state index contributed by atoms with van der Waals surface area (Å²) in [6, 6.07) is 3.82. The van der Waals surface area contributed by atoms with Crippen molar-refractivity contribution in [3.8, 4) is 5.88 Å². The standard InChI is InChI=1S/C15H27N3O/c1-7-18(10-11(2)3)13-9-8-12(16)14(17-13)19-15(4,5)6/h8-9,11H,7,10,16H2,1-6H3. The summed E-state index contributed by atoms with van der Waals surface area (Å²) < 4.78 is 5.81. The number of anilines is 2. The minimum atomic E-state index is -0.297. The van der Waals surface area contributed by atoms with Crippen LogP contribution in [0.4, 0.5) is 11.5 Å². The molecule has 0 aliphatic heterocycles. The summed E-state index contributed by atoms with van der Waals surface area (Å²) in [7, 11) is 0. The molecule has 0 aromatic carbocycles. The Morgan fingerprint density at radius 3 is 2.42 bits per heavy atom. The molecule has 0 atom stereocenters. The molecule has 0 spiro atoms. The van der Waals surface area contributed by atoms with E-state index in [9.17, 15) is 0 Å². The first kappa shape index (κ1) is 15.6. The molecule has 0 unspecified atom stereocenters. The first-order valence-corrected chi connectivity index (χ1v) is 6.93. The number of rotatable bonds is 5. The van der Waals surface area contributed by atoms with E-state index in [4.69, 9.17) is 10.5 Å². The van der Waals surface area contributed by atoms with Crippen molar-refractivity contribution >= 4 is 11.5 Å². The molecule has 0 aliphatic rings. The maximum Gasteiger partial charge on any atom is 0.239 e. The molecule has 4 nitrogen and oxygen atoms in total. The van der Waals surface area contributed by atoms with Gasteiger partial charge in [-0.2, -0.15) is 4.98 Å². The van der Waals surface area contributed by atoms with E-state index in [0.717, 1.165) is 18.9 Å². The molecule has 0 amide bonds. The fourth-order valence-corrected chi connectivity index (χ4v) is 1.81. The number of hydrogen-bond acceptors (Lipinski definition) is 4. The molecule has 0 bridgehead atoms. The number of pyridine rings is 1. The van der Waals surface area contributed by atoms with Crippen molar-refractivity contribution in [3.63, 3.8) is 0 Å². The highest BCUT2D eigenvalue weighted by atomic mass is 16.5. The van der Waals surface area contributed by atoms with E-state index in [1.54, 1.807) is 0 Å².